The summed E-state index contributed by atoms with van der Waals surface area (Å²) < 4.78 is 1.39. The molecule has 0 atom stereocenters. The third kappa shape index (κ3) is 5.23. The van der Waals surface area contributed by atoms with Gasteiger partial charge < -0.3 is 11.2 Å². The van der Waals surface area contributed by atoms with Gasteiger partial charge in [0, 0.05) is 10.6 Å². The summed E-state index contributed by atoms with van der Waals surface area (Å²) in [6.07, 6.45) is 0. The zero-order chi connectivity index (χ0) is 21.2. The number of hydrogen-bond donors (Lipinski definition) is 2. The SMILES string of the molecule is CC(C)(C)c1ccc(-c2nnc(SCC(=O)Nc3ccc(Cl)cc3Cl)n2N)cc1. The lowest BCUT2D eigenvalue weighted by Gasteiger charge is -2.19. The van der Waals surface area contributed by atoms with Crippen molar-refractivity contribution in [2.24, 2.45) is 0 Å². The number of thioether (sulfide) groups is 1. The van der Waals surface area contributed by atoms with Crippen LogP contribution in [0.1, 0.15) is 26.3 Å². The molecule has 0 bridgehead atoms. The Kier molecular flexibility index (Phi) is 6.41. The minimum Gasteiger partial charge on any atom is -0.335 e. The number of halogens is 2. The van der Waals surface area contributed by atoms with E-state index in [2.05, 4.69) is 48.4 Å². The van der Waals surface area contributed by atoms with Gasteiger partial charge >= 0.3 is 0 Å². The summed E-state index contributed by atoms with van der Waals surface area (Å²) in [5.41, 5.74) is 2.64. The number of rotatable bonds is 5. The fraction of sp³-hybridized carbons (Fsp3) is 0.250. The van der Waals surface area contributed by atoms with Gasteiger partial charge in [-0.3, -0.25) is 4.79 Å². The second-order valence-corrected chi connectivity index (χ2v) is 9.25. The molecule has 1 aromatic heterocycles. The highest BCUT2D eigenvalue weighted by molar-refractivity contribution is 7.99. The second kappa shape index (κ2) is 8.65. The highest BCUT2D eigenvalue weighted by Gasteiger charge is 2.17. The smallest absolute Gasteiger partial charge is 0.234 e. The quantitative estimate of drug-likeness (QED) is 0.422. The lowest BCUT2D eigenvalue weighted by atomic mass is 9.87. The van der Waals surface area contributed by atoms with Crippen LogP contribution in [0.15, 0.2) is 47.6 Å². The summed E-state index contributed by atoms with van der Waals surface area (Å²) in [7, 11) is 0. The van der Waals surface area contributed by atoms with Gasteiger partial charge in [-0.2, -0.15) is 0 Å². The summed E-state index contributed by atoms with van der Waals surface area (Å²) in [4.78, 5) is 12.2. The number of nitrogens with one attached hydrogen (secondary N) is 1. The largest absolute Gasteiger partial charge is 0.335 e. The van der Waals surface area contributed by atoms with E-state index in [1.54, 1.807) is 18.2 Å². The Hall–Kier alpha value is -2.22. The number of nitrogen functional groups attached to an aromatic ring is 1. The molecular weight excluding hydrogens is 429 g/mol. The molecule has 0 saturated carbocycles. The van der Waals surface area contributed by atoms with Crippen molar-refractivity contribution < 1.29 is 4.79 Å². The first kappa shape index (κ1) is 21.5. The zero-order valence-corrected chi connectivity index (χ0v) is 18.6. The molecule has 6 nitrogen and oxygen atoms in total. The van der Waals surface area contributed by atoms with E-state index in [0.717, 1.165) is 5.56 Å². The molecule has 1 amide bonds. The molecule has 29 heavy (non-hydrogen) atoms. The molecule has 1 heterocycles. The van der Waals surface area contributed by atoms with E-state index < -0.39 is 0 Å². The maximum Gasteiger partial charge on any atom is 0.234 e. The first-order valence-electron chi connectivity index (χ1n) is 8.84. The number of anilines is 1. The highest BCUT2D eigenvalue weighted by Crippen LogP contribution is 2.28. The second-order valence-electron chi connectivity index (χ2n) is 7.46. The van der Waals surface area contributed by atoms with Crippen molar-refractivity contribution in [3.8, 4) is 11.4 Å². The summed E-state index contributed by atoms with van der Waals surface area (Å²) in [5, 5.41) is 12.3. The summed E-state index contributed by atoms with van der Waals surface area (Å²) in [5.74, 6) is 6.55. The first-order valence-corrected chi connectivity index (χ1v) is 10.6. The minimum absolute atomic E-state index is 0.0657. The molecular formula is C20H21Cl2N5OS. The lowest BCUT2D eigenvalue weighted by Crippen LogP contribution is -2.16. The monoisotopic (exact) mass is 449 g/mol. The van der Waals surface area contributed by atoms with Gasteiger partial charge in [-0.15, -0.1) is 10.2 Å². The van der Waals surface area contributed by atoms with Crippen LogP contribution in [0.2, 0.25) is 10.0 Å². The molecule has 0 aliphatic rings. The normalized spacial score (nSPS) is 11.5. The van der Waals surface area contributed by atoms with Crippen LogP contribution in [0.4, 0.5) is 5.69 Å². The van der Waals surface area contributed by atoms with Gasteiger partial charge in [-0.05, 0) is 29.2 Å². The number of nitrogens with zero attached hydrogens (tertiary/aromatic N) is 3. The Bertz CT molecular complexity index is 1030. The van der Waals surface area contributed by atoms with Crippen LogP contribution in [0, 0.1) is 0 Å². The number of nitrogens with two attached hydrogens (primary N) is 1. The van der Waals surface area contributed by atoms with E-state index in [0.29, 0.717) is 26.7 Å². The number of carbonyl (C=O) groups is 1. The molecule has 0 spiro atoms. The van der Waals surface area contributed by atoms with E-state index in [4.69, 9.17) is 29.0 Å². The van der Waals surface area contributed by atoms with Crippen LogP contribution < -0.4 is 11.2 Å². The molecule has 0 radical (unpaired) electrons. The van der Waals surface area contributed by atoms with E-state index in [9.17, 15) is 4.79 Å². The number of carbonyl (C=O) groups excluding carboxylic acids is 1. The first-order chi connectivity index (χ1) is 13.6. The molecule has 3 N–H and O–H groups in total. The van der Waals surface area contributed by atoms with Crippen molar-refractivity contribution in [3.63, 3.8) is 0 Å². The maximum absolute atomic E-state index is 12.2. The third-order valence-corrected chi connectivity index (χ3v) is 5.70. The number of aromatic nitrogens is 3. The van der Waals surface area contributed by atoms with Crippen LogP contribution in [-0.4, -0.2) is 26.5 Å². The maximum atomic E-state index is 12.2. The van der Waals surface area contributed by atoms with E-state index >= 15 is 0 Å². The Morgan fingerprint density at radius 1 is 1.14 bits per heavy atom. The Balaban J connectivity index is 1.66. The van der Waals surface area contributed by atoms with Gasteiger partial charge in [0.2, 0.25) is 11.1 Å². The molecule has 9 heteroatoms. The summed E-state index contributed by atoms with van der Waals surface area (Å²) in [6.45, 7) is 6.47. The van der Waals surface area contributed by atoms with Crippen LogP contribution in [0.25, 0.3) is 11.4 Å². The molecule has 2 aromatic carbocycles. The van der Waals surface area contributed by atoms with E-state index in [-0.39, 0.29) is 17.1 Å². The summed E-state index contributed by atoms with van der Waals surface area (Å²) >= 11 is 13.1. The Labute approximate surface area is 183 Å². The average molecular weight is 450 g/mol. The summed E-state index contributed by atoms with van der Waals surface area (Å²) in [6, 6.07) is 12.9. The van der Waals surface area contributed by atoms with Gasteiger partial charge in [0.1, 0.15) is 0 Å². The number of hydrogen-bond acceptors (Lipinski definition) is 5. The van der Waals surface area contributed by atoms with Crippen molar-refractivity contribution in [1.82, 2.24) is 14.9 Å². The zero-order valence-electron chi connectivity index (χ0n) is 16.2. The van der Waals surface area contributed by atoms with Crippen LogP contribution in [0.3, 0.4) is 0 Å². The molecule has 152 valence electrons. The topological polar surface area (TPSA) is 85.8 Å². The van der Waals surface area contributed by atoms with Gasteiger partial charge in [-0.1, -0.05) is 80.0 Å². The molecule has 0 fully saturated rings. The van der Waals surface area contributed by atoms with Crippen molar-refractivity contribution in [2.75, 3.05) is 16.9 Å². The predicted molar refractivity (Wildman–Crippen MR) is 120 cm³/mol. The Morgan fingerprint density at radius 2 is 1.83 bits per heavy atom. The van der Waals surface area contributed by atoms with E-state index in [1.807, 2.05) is 12.1 Å². The predicted octanol–water partition coefficient (Wildman–Crippen LogP) is 4.99. The minimum atomic E-state index is -0.238. The van der Waals surface area contributed by atoms with Crippen molar-refractivity contribution in [3.05, 3.63) is 58.1 Å². The average Bonchev–Trinajstić information content (AvgIpc) is 3.02. The highest BCUT2D eigenvalue weighted by atomic mass is 35.5. The fourth-order valence-electron chi connectivity index (χ4n) is 2.60. The van der Waals surface area contributed by atoms with Crippen LogP contribution >= 0.6 is 35.0 Å². The lowest BCUT2D eigenvalue weighted by molar-refractivity contribution is -0.113. The molecule has 0 saturated heterocycles. The van der Waals surface area contributed by atoms with Gasteiger partial charge in [0.25, 0.3) is 0 Å². The Morgan fingerprint density at radius 3 is 2.45 bits per heavy atom. The fourth-order valence-corrected chi connectivity index (χ4v) is 3.71. The number of amides is 1. The molecule has 3 rings (SSSR count). The van der Waals surface area contributed by atoms with Crippen molar-refractivity contribution in [2.45, 2.75) is 31.3 Å². The van der Waals surface area contributed by atoms with Gasteiger partial charge in [-0.25, -0.2) is 4.68 Å². The molecule has 3 aromatic rings. The van der Waals surface area contributed by atoms with Crippen LogP contribution in [0.5, 0.6) is 0 Å². The van der Waals surface area contributed by atoms with Crippen LogP contribution in [-0.2, 0) is 10.2 Å². The molecule has 0 unspecified atom stereocenters. The van der Waals surface area contributed by atoms with Gasteiger partial charge in [0.05, 0.1) is 16.5 Å². The third-order valence-electron chi connectivity index (χ3n) is 4.21. The number of benzene rings is 2. The molecule has 0 aliphatic carbocycles. The van der Waals surface area contributed by atoms with Crippen molar-refractivity contribution >= 4 is 46.6 Å². The van der Waals surface area contributed by atoms with E-state index in [1.165, 1.54) is 22.0 Å². The molecule has 0 aliphatic heterocycles. The standard InChI is InChI=1S/C20H21Cl2N5OS/c1-20(2,3)13-6-4-12(5-7-13)18-25-26-19(27(18)23)29-11-17(28)24-16-9-8-14(21)10-15(16)22/h4-10H,11,23H2,1-3H3,(H,24,28). The van der Waals surface area contributed by atoms with Gasteiger partial charge in [0.15, 0.2) is 5.82 Å². The van der Waals surface area contributed by atoms with Crippen molar-refractivity contribution in [1.29, 1.82) is 0 Å².